The van der Waals surface area contributed by atoms with Crippen LogP contribution in [0.25, 0.3) is 0 Å². The quantitative estimate of drug-likeness (QED) is 0.711. The van der Waals surface area contributed by atoms with Crippen molar-refractivity contribution in [2.75, 3.05) is 32.7 Å². The number of carbonyl (C=O) groups is 1. The third-order valence-corrected chi connectivity index (χ3v) is 5.43. The van der Waals surface area contributed by atoms with Gasteiger partial charge in [-0.15, -0.1) is 24.8 Å². The van der Waals surface area contributed by atoms with E-state index in [-0.39, 0.29) is 30.7 Å². The molecule has 2 unspecified atom stereocenters. The van der Waals surface area contributed by atoms with Crippen LogP contribution in [0.15, 0.2) is 0 Å². The van der Waals surface area contributed by atoms with E-state index in [9.17, 15) is 4.79 Å². The second-order valence-electron chi connectivity index (χ2n) is 7.32. The molecule has 2 N–H and O–H groups in total. The highest BCUT2D eigenvalue weighted by molar-refractivity contribution is 5.85. The molecule has 0 aromatic carbocycles. The van der Waals surface area contributed by atoms with Crippen LogP contribution >= 0.6 is 24.8 Å². The molecule has 4 nitrogen and oxygen atoms in total. The number of nitrogens with one attached hydrogen (secondary N) is 2. The van der Waals surface area contributed by atoms with Gasteiger partial charge in [-0.3, -0.25) is 4.79 Å². The molecule has 0 aliphatic carbocycles. The highest BCUT2D eigenvalue weighted by Gasteiger charge is 2.24. The van der Waals surface area contributed by atoms with Crippen LogP contribution in [0.1, 0.15) is 58.8 Å². The molecule has 2 aliphatic rings. The maximum Gasteiger partial charge on any atom is 0.220 e. The molecule has 0 aromatic heterocycles. The average Bonchev–Trinajstić information content (AvgIpc) is 2.55. The number of rotatable bonds is 7. The minimum Gasteiger partial charge on any atom is -0.353 e. The second kappa shape index (κ2) is 13.2. The normalized spacial score (nSPS) is 23.7. The van der Waals surface area contributed by atoms with Gasteiger partial charge in [-0.25, -0.2) is 0 Å². The van der Waals surface area contributed by atoms with Crippen molar-refractivity contribution in [2.45, 2.75) is 64.8 Å². The van der Waals surface area contributed by atoms with Gasteiger partial charge in [0.05, 0.1) is 0 Å². The molecule has 1 amide bonds. The van der Waals surface area contributed by atoms with E-state index >= 15 is 0 Å². The van der Waals surface area contributed by atoms with E-state index in [0.29, 0.717) is 24.3 Å². The van der Waals surface area contributed by atoms with Crippen molar-refractivity contribution >= 4 is 30.7 Å². The Morgan fingerprint density at radius 3 is 2.54 bits per heavy atom. The van der Waals surface area contributed by atoms with Crippen LogP contribution in [0.5, 0.6) is 0 Å². The Hall–Kier alpha value is -0.0300. The molecular formula is C18H37Cl2N3O. The van der Waals surface area contributed by atoms with Crippen molar-refractivity contribution in [3.05, 3.63) is 0 Å². The smallest absolute Gasteiger partial charge is 0.220 e. The number of likely N-dealkylation sites (tertiary alicyclic amines) is 1. The summed E-state index contributed by atoms with van der Waals surface area (Å²) in [6, 6.07) is 0.405. The van der Waals surface area contributed by atoms with Crippen molar-refractivity contribution in [1.82, 2.24) is 15.5 Å². The number of hydrogen-bond acceptors (Lipinski definition) is 3. The minimum absolute atomic E-state index is 0. The van der Waals surface area contributed by atoms with Gasteiger partial charge >= 0.3 is 0 Å². The number of hydrogen-bond donors (Lipinski definition) is 2. The predicted octanol–water partition coefficient (Wildman–Crippen LogP) is 3.24. The molecule has 6 heteroatoms. The molecule has 24 heavy (non-hydrogen) atoms. The zero-order chi connectivity index (χ0) is 15.8. The van der Waals surface area contributed by atoms with Gasteiger partial charge < -0.3 is 15.5 Å². The van der Waals surface area contributed by atoms with Crippen molar-refractivity contribution in [2.24, 2.45) is 11.8 Å². The third kappa shape index (κ3) is 8.37. The SMILES string of the molecule is CCCCN1CCC(NC(=O)CC(C)C2CCCNC2)CC1.Cl.Cl. The minimum atomic E-state index is 0. The van der Waals surface area contributed by atoms with Crippen molar-refractivity contribution in [3.8, 4) is 0 Å². The number of unbranched alkanes of at least 4 members (excludes halogenated alkanes) is 1. The lowest BCUT2D eigenvalue weighted by atomic mass is 9.85. The van der Waals surface area contributed by atoms with Crippen LogP contribution in [0.2, 0.25) is 0 Å². The fourth-order valence-corrected chi connectivity index (χ4v) is 3.79. The molecule has 2 aliphatic heterocycles. The maximum absolute atomic E-state index is 12.3. The molecule has 2 rings (SSSR count). The van der Waals surface area contributed by atoms with Gasteiger partial charge in [0.2, 0.25) is 5.91 Å². The van der Waals surface area contributed by atoms with Crippen LogP contribution in [0, 0.1) is 11.8 Å². The van der Waals surface area contributed by atoms with Crippen LogP contribution in [-0.4, -0.2) is 49.6 Å². The zero-order valence-corrected chi connectivity index (χ0v) is 17.0. The van der Waals surface area contributed by atoms with Crippen LogP contribution in [-0.2, 0) is 4.79 Å². The number of amides is 1. The fourth-order valence-electron chi connectivity index (χ4n) is 3.79. The summed E-state index contributed by atoms with van der Waals surface area (Å²) >= 11 is 0. The predicted molar refractivity (Wildman–Crippen MR) is 106 cm³/mol. The van der Waals surface area contributed by atoms with Gasteiger partial charge in [0, 0.05) is 25.6 Å². The van der Waals surface area contributed by atoms with Gasteiger partial charge in [-0.1, -0.05) is 20.3 Å². The summed E-state index contributed by atoms with van der Waals surface area (Å²) in [5.41, 5.74) is 0. The lowest BCUT2D eigenvalue weighted by Crippen LogP contribution is -2.45. The van der Waals surface area contributed by atoms with Crippen LogP contribution in [0.4, 0.5) is 0 Å². The number of nitrogens with zero attached hydrogens (tertiary/aromatic N) is 1. The first-order chi connectivity index (χ1) is 10.7. The number of piperidine rings is 2. The summed E-state index contributed by atoms with van der Waals surface area (Å²) in [5.74, 6) is 1.44. The topological polar surface area (TPSA) is 44.4 Å². The van der Waals surface area contributed by atoms with E-state index in [2.05, 4.69) is 29.4 Å². The van der Waals surface area contributed by atoms with E-state index in [1.165, 1.54) is 32.2 Å². The molecule has 2 fully saturated rings. The molecule has 0 spiro atoms. The number of halogens is 2. The fraction of sp³-hybridized carbons (Fsp3) is 0.944. The highest BCUT2D eigenvalue weighted by Crippen LogP contribution is 2.22. The number of carbonyl (C=O) groups excluding carboxylic acids is 1. The summed E-state index contributed by atoms with van der Waals surface area (Å²) < 4.78 is 0. The van der Waals surface area contributed by atoms with E-state index in [1.807, 2.05) is 0 Å². The first-order valence-electron chi connectivity index (χ1n) is 9.41. The summed E-state index contributed by atoms with van der Waals surface area (Å²) in [6.45, 7) is 10.2. The van der Waals surface area contributed by atoms with Crippen molar-refractivity contribution in [3.63, 3.8) is 0 Å². The Balaban J connectivity index is 0.00000264. The first kappa shape index (κ1) is 24.0. The van der Waals surface area contributed by atoms with Crippen LogP contribution in [0.3, 0.4) is 0 Å². The largest absolute Gasteiger partial charge is 0.353 e. The van der Waals surface area contributed by atoms with Gasteiger partial charge in [0.25, 0.3) is 0 Å². The molecule has 0 bridgehead atoms. The zero-order valence-electron chi connectivity index (χ0n) is 15.4. The van der Waals surface area contributed by atoms with Gasteiger partial charge in [-0.2, -0.15) is 0 Å². The summed E-state index contributed by atoms with van der Waals surface area (Å²) in [5, 5.41) is 6.73. The van der Waals surface area contributed by atoms with E-state index in [0.717, 1.165) is 39.0 Å². The van der Waals surface area contributed by atoms with Gasteiger partial charge in [0.1, 0.15) is 0 Å². The molecule has 144 valence electrons. The van der Waals surface area contributed by atoms with E-state index in [4.69, 9.17) is 0 Å². The molecular weight excluding hydrogens is 345 g/mol. The molecule has 2 heterocycles. The van der Waals surface area contributed by atoms with Gasteiger partial charge in [0.15, 0.2) is 0 Å². The van der Waals surface area contributed by atoms with Crippen molar-refractivity contribution in [1.29, 1.82) is 0 Å². The molecule has 0 radical (unpaired) electrons. The molecule has 2 atom stereocenters. The lowest BCUT2D eigenvalue weighted by Gasteiger charge is -2.33. The molecule has 0 aromatic rings. The Labute approximate surface area is 160 Å². The summed E-state index contributed by atoms with van der Waals surface area (Å²) in [4.78, 5) is 14.8. The Morgan fingerprint density at radius 2 is 1.96 bits per heavy atom. The van der Waals surface area contributed by atoms with Crippen molar-refractivity contribution < 1.29 is 4.79 Å². The van der Waals surface area contributed by atoms with Gasteiger partial charge in [-0.05, 0) is 63.6 Å². The third-order valence-electron chi connectivity index (χ3n) is 5.43. The Morgan fingerprint density at radius 1 is 1.25 bits per heavy atom. The second-order valence-corrected chi connectivity index (χ2v) is 7.32. The summed E-state index contributed by atoms with van der Waals surface area (Å²) in [6.07, 6.45) is 8.03. The summed E-state index contributed by atoms with van der Waals surface area (Å²) in [7, 11) is 0. The van der Waals surface area contributed by atoms with E-state index < -0.39 is 0 Å². The Bertz CT molecular complexity index is 330. The first-order valence-corrected chi connectivity index (χ1v) is 9.41. The van der Waals surface area contributed by atoms with Crippen LogP contribution < -0.4 is 10.6 Å². The lowest BCUT2D eigenvalue weighted by molar-refractivity contribution is -0.123. The Kier molecular flexibility index (Phi) is 13.2. The van der Waals surface area contributed by atoms with E-state index in [1.54, 1.807) is 0 Å². The molecule has 0 saturated carbocycles. The highest BCUT2D eigenvalue weighted by atomic mass is 35.5. The monoisotopic (exact) mass is 381 g/mol. The standard InChI is InChI=1S/C18H35N3O.2ClH/c1-3-4-10-21-11-7-17(8-12-21)20-18(22)13-15(2)16-6-5-9-19-14-16;;/h15-17,19H,3-14H2,1-2H3,(H,20,22);2*1H. The maximum atomic E-state index is 12.3. The average molecular weight is 382 g/mol. The molecule has 2 saturated heterocycles.